The van der Waals surface area contributed by atoms with Gasteiger partial charge in [-0.1, -0.05) is 0 Å². The van der Waals surface area contributed by atoms with Crippen molar-refractivity contribution in [3.63, 3.8) is 0 Å². The number of esters is 1. The molecule has 96 valence electrons. The van der Waals surface area contributed by atoms with Gasteiger partial charge in [-0.15, -0.1) is 12.4 Å². The molecule has 1 heterocycles. The smallest absolute Gasteiger partial charge is 0.359 e. The van der Waals surface area contributed by atoms with Crippen LogP contribution in [-0.4, -0.2) is 28.4 Å². The monoisotopic (exact) mass is 259 g/mol. The highest BCUT2D eigenvalue weighted by Crippen LogP contribution is 2.19. The highest BCUT2D eigenvalue weighted by Gasteiger charge is 2.22. The van der Waals surface area contributed by atoms with Gasteiger partial charge in [0.25, 0.3) is 0 Å². The van der Waals surface area contributed by atoms with Gasteiger partial charge in [0.15, 0.2) is 5.69 Å². The fourth-order valence-electron chi connectivity index (χ4n) is 1.58. The summed E-state index contributed by atoms with van der Waals surface area (Å²) in [5, 5.41) is 7.49. The van der Waals surface area contributed by atoms with Gasteiger partial charge in [0.05, 0.1) is 6.61 Å². The van der Waals surface area contributed by atoms with Gasteiger partial charge in [-0.3, -0.25) is 4.68 Å². The average molecular weight is 260 g/mol. The number of ether oxygens (including phenoxy) is 1. The first-order valence-electron chi connectivity index (χ1n) is 5.63. The van der Waals surface area contributed by atoms with E-state index in [0.717, 1.165) is 5.56 Å². The maximum Gasteiger partial charge on any atom is 0.359 e. The second kappa shape index (κ2) is 6.02. The molecule has 0 spiro atoms. The second-order valence-electron chi connectivity index (χ2n) is 4.05. The van der Waals surface area contributed by atoms with Crippen LogP contribution in [0, 0.1) is 0 Å². The molecule has 0 bridgehead atoms. The van der Waals surface area contributed by atoms with Gasteiger partial charge < -0.3 is 10.1 Å². The first-order valence-corrected chi connectivity index (χ1v) is 5.63. The Bertz CT molecular complexity index is 388. The Morgan fingerprint density at radius 1 is 1.65 bits per heavy atom. The fraction of sp³-hybridized carbons (Fsp3) is 0.636. The predicted molar refractivity (Wildman–Crippen MR) is 66.3 cm³/mol. The molecule has 1 aromatic heterocycles. The molecule has 1 N–H and O–H groups in total. The highest BCUT2D eigenvalue weighted by atomic mass is 35.5. The van der Waals surface area contributed by atoms with Crippen LogP contribution in [0.15, 0.2) is 6.20 Å². The zero-order valence-electron chi connectivity index (χ0n) is 10.1. The largest absolute Gasteiger partial charge is 0.461 e. The number of carbonyl (C=O) groups excluding carboxylic acids is 1. The molecule has 0 amide bonds. The third-order valence-electron chi connectivity index (χ3n) is 2.53. The minimum atomic E-state index is -0.337. The van der Waals surface area contributed by atoms with Crippen molar-refractivity contribution in [1.82, 2.24) is 15.1 Å². The van der Waals surface area contributed by atoms with Gasteiger partial charge >= 0.3 is 5.97 Å². The molecule has 1 fully saturated rings. The quantitative estimate of drug-likeness (QED) is 0.809. The summed E-state index contributed by atoms with van der Waals surface area (Å²) < 4.78 is 6.61. The summed E-state index contributed by atoms with van der Waals surface area (Å²) >= 11 is 0. The lowest BCUT2D eigenvalue weighted by Gasteiger charge is -2.02. The molecule has 0 radical (unpaired) electrons. The SMILES string of the molecule is CCOC(=O)c1nn(C)cc1CNC1CC1.Cl. The first kappa shape index (κ1) is 14.0. The van der Waals surface area contributed by atoms with E-state index in [0.29, 0.717) is 24.9 Å². The van der Waals surface area contributed by atoms with Gasteiger partial charge in [-0.05, 0) is 19.8 Å². The van der Waals surface area contributed by atoms with E-state index in [9.17, 15) is 4.79 Å². The summed E-state index contributed by atoms with van der Waals surface area (Å²) in [6.07, 6.45) is 4.33. The standard InChI is InChI=1S/C11H17N3O2.ClH/c1-3-16-11(15)10-8(7-14(2)13-10)6-12-9-4-5-9;/h7,9,12H,3-6H2,1-2H3;1H. The van der Waals surface area contributed by atoms with E-state index in [1.54, 1.807) is 11.6 Å². The van der Waals surface area contributed by atoms with Crippen molar-refractivity contribution in [2.45, 2.75) is 32.4 Å². The van der Waals surface area contributed by atoms with E-state index < -0.39 is 0 Å². The summed E-state index contributed by atoms with van der Waals surface area (Å²) in [6.45, 7) is 2.86. The van der Waals surface area contributed by atoms with Crippen LogP contribution in [0.25, 0.3) is 0 Å². The number of hydrogen-bond acceptors (Lipinski definition) is 4. The summed E-state index contributed by atoms with van der Waals surface area (Å²) in [5.41, 5.74) is 1.34. The molecule has 17 heavy (non-hydrogen) atoms. The first-order chi connectivity index (χ1) is 7.70. The molecular formula is C11H18ClN3O2. The van der Waals surface area contributed by atoms with Crippen molar-refractivity contribution in [3.05, 3.63) is 17.5 Å². The molecule has 0 saturated heterocycles. The van der Waals surface area contributed by atoms with E-state index in [4.69, 9.17) is 4.74 Å². The zero-order valence-corrected chi connectivity index (χ0v) is 10.9. The van der Waals surface area contributed by atoms with Crippen LogP contribution in [0.2, 0.25) is 0 Å². The number of halogens is 1. The lowest BCUT2D eigenvalue weighted by Crippen LogP contribution is -2.17. The maximum absolute atomic E-state index is 11.6. The average Bonchev–Trinajstić information content (AvgIpc) is 2.99. The van der Waals surface area contributed by atoms with Crippen LogP contribution >= 0.6 is 12.4 Å². The molecule has 0 unspecified atom stereocenters. The summed E-state index contributed by atoms with van der Waals surface area (Å²) in [5.74, 6) is -0.337. The summed E-state index contributed by atoms with van der Waals surface area (Å²) in [6, 6.07) is 0.621. The lowest BCUT2D eigenvalue weighted by atomic mass is 10.2. The Hall–Kier alpha value is -1.07. The van der Waals surface area contributed by atoms with Crippen LogP contribution in [0.5, 0.6) is 0 Å². The minimum absolute atomic E-state index is 0. The molecule has 0 atom stereocenters. The number of aryl methyl sites for hydroxylation is 1. The number of nitrogens with one attached hydrogen (secondary N) is 1. The Labute approximate surface area is 107 Å². The fourth-order valence-corrected chi connectivity index (χ4v) is 1.58. The van der Waals surface area contributed by atoms with Crippen LogP contribution in [0.1, 0.15) is 35.8 Å². The van der Waals surface area contributed by atoms with Gasteiger partial charge in [-0.2, -0.15) is 5.10 Å². The van der Waals surface area contributed by atoms with Gasteiger partial charge in [0.2, 0.25) is 0 Å². The number of hydrogen-bond donors (Lipinski definition) is 1. The highest BCUT2D eigenvalue weighted by molar-refractivity contribution is 5.88. The molecule has 1 saturated carbocycles. The van der Waals surface area contributed by atoms with Crippen LogP contribution < -0.4 is 5.32 Å². The van der Waals surface area contributed by atoms with Crippen molar-refractivity contribution >= 4 is 18.4 Å². The van der Waals surface area contributed by atoms with Crippen molar-refractivity contribution in [2.24, 2.45) is 7.05 Å². The molecular weight excluding hydrogens is 242 g/mol. The van der Waals surface area contributed by atoms with E-state index in [-0.39, 0.29) is 18.4 Å². The van der Waals surface area contributed by atoms with Crippen molar-refractivity contribution in [2.75, 3.05) is 6.61 Å². The van der Waals surface area contributed by atoms with E-state index in [2.05, 4.69) is 10.4 Å². The molecule has 5 nitrogen and oxygen atoms in total. The maximum atomic E-state index is 11.6. The number of aromatic nitrogens is 2. The predicted octanol–water partition coefficient (Wildman–Crippen LogP) is 1.27. The number of rotatable bonds is 5. The molecule has 2 rings (SSSR count). The van der Waals surface area contributed by atoms with Gasteiger partial charge in [0, 0.05) is 31.4 Å². The normalized spacial score (nSPS) is 14.2. The Morgan fingerprint density at radius 2 is 2.35 bits per heavy atom. The van der Waals surface area contributed by atoms with E-state index >= 15 is 0 Å². The summed E-state index contributed by atoms with van der Waals surface area (Å²) in [4.78, 5) is 11.6. The number of carbonyl (C=O) groups is 1. The molecule has 0 aliphatic heterocycles. The molecule has 1 aromatic rings. The van der Waals surface area contributed by atoms with Crippen LogP contribution in [-0.2, 0) is 18.3 Å². The number of nitrogens with zero attached hydrogens (tertiary/aromatic N) is 2. The molecule has 6 heteroatoms. The zero-order chi connectivity index (χ0) is 11.5. The van der Waals surface area contributed by atoms with E-state index in [1.807, 2.05) is 13.2 Å². The Kier molecular flexibility index (Phi) is 4.96. The molecule has 0 aromatic carbocycles. The summed E-state index contributed by atoms with van der Waals surface area (Å²) in [7, 11) is 1.81. The Balaban J connectivity index is 0.00000144. The van der Waals surface area contributed by atoms with Crippen LogP contribution in [0.4, 0.5) is 0 Å². The minimum Gasteiger partial charge on any atom is -0.461 e. The topological polar surface area (TPSA) is 56.1 Å². The van der Waals surface area contributed by atoms with Crippen LogP contribution in [0.3, 0.4) is 0 Å². The third-order valence-corrected chi connectivity index (χ3v) is 2.53. The van der Waals surface area contributed by atoms with Crippen molar-refractivity contribution in [3.8, 4) is 0 Å². The third kappa shape index (κ3) is 3.71. The molecule has 1 aliphatic rings. The van der Waals surface area contributed by atoms with Crippen molar-refractivity contribution < 1.29 is 9.53 Å². The second-order valence-corrected chi connectivity index (χ2v) is 4.05. The van der Waals surface area contributed by atoms with E-state index in [1.165, 1.54) is 12.8 Å². The molecule has 1 aliphatic carbocycles. The van der Waals surface area contributed by atoms with Crippen molar-refractivity contribution in [1.29, 1.82) is 0 Å². The van der Waals surface area contributed by atoms with Gasteiger partial charge in [-0.25, -0.2) is 4.79 Å². The Morgan fingerprint density at radius 3 is 2.94 bits per heavy atom. The van der Waals surface area contributed by atoms with Gasteiger partial charge in [0.1, 0.15) is 0 Å². The lowest BCUT2D eigenvalue weighted by molar-refractivity contribution is 0.0517.